The third-order valence-electron chi connectivity index (χ3n) is 7.86. The quantitative estimate of drug-likeness (QED) is 0.423. The fraction of sp³-hybridized carbons (Fsp3) is 0.407. The predicted octanol–water partition coefficient (Wildman–Crippen LogP) is 4.63. The lowest BCUT2D eigenvalue weighted by Gasteiger charge is -2.39. The molecular formula is C27H29Cl2N7OS. The summed E-state index contributed by atoms with van der Waals surface area (Å²) in [7, 11) is 0. The van der Waals surface area contributed by atoms with E-state index >= 15 is 0 Å². The van der Waals surface area contributed by atoms with Gasteiger partial charge >= 0.3 is 0 Å². The van der Waals surface area contributed by atoms with Gasteiger partial charge in [0, 0.05) is 48.3 Å². The number of nitrogens with zero attached hydrogens (tertiary/aromatic N) is 5. The van der Waals surface area contributed by atoms with Crippen LogP contribution in [0, 0.1) is 16.7 Å². The molecule has 1 spiro atoms. The van der Waals surface area contributed by atoms with Crippen LogP contribution in [0.15, 0.2) is 30.5 Å². The van der Waals surface area contributed by atoms with Gasteiger partial charge in [0.25, 0.3) is 0 Å². The van der Waals surface area contributed by atoms with E-state index in [9.17, 15) is 9.81 Å². The SMILES string of the molecule is CC(C)(Cc1ccnc2c1CC1(CCN(c3nc(N)c(-c4cccc(Cl)c4Cl)c(C#N)n3)CC1)C2)[S@+](N)[O-]. The second kappa shape index (κ2) is 10.2. The Bertz CT molecular complexity index is 1430. The van der Waals surface area contributed by atoms with E-state index in [1.54, 1.807) is 18.2 Å². The zero-order valence-electron chi connectivity index (χ0n) is 21.3. The average Bonchev–Trinajstić information content (AvgIpc) is 3.24. The first-order valence-corrected chi connectivity index (χ1v) is 14.4. The third-order valence-corrected chi connectivity index (χ3v) is 9.91. The Hall–Kier alpha value is -2.61. The van der Waals surface area contributed by atoms with Crippen molar-refractivity contribution in [3.63, 3.8) is 0 Å². The molecule has 38 heavy (non-hydrogen) atoms. The van der Waals surface area contributed by atoms with Crippen LogP contribution >= 0.6 is 23.2 Å². The highest BCUT2D eigenvalue weighted by molar-refractivity contribution is 7.90. The zero-order valence-corrected chi connectivity index (χ0v) is 23.6. The zero-order chi connectivity index (χ0) is 27.2. The van der Waals surface area contributed by atoms with Crippen LogP contribution in [-0.2, 0) is 30.6 Å². The minimum absolute atomic E-state index is 0.103. The van der Waals surface area contributed by atoms with Gasteiger partial charge in [-0.15, -0.1) is 0 Å². The number of halogens is 2. The lowest BCUT2D eigenvalue weighted by molar-refractivity contribution is 0.230. The number of anilines is 2. The minimum atomic E-state index is -1.42. The number of nitrogens with two attached hydrogens (primary N) is 2. The smallest absolute Gasteiger partial charge is 0.228 e. The molecule has 0 saturated carbocycles. The van der Waals surface area contributed by atoms with E-state index in [-0.39, 0.29) is 16.9 Å². The monoisotopic (exact) mass is 569 g/mol. The standard InChI is InChI=1S/C27H29Cl2N7OS/c1-26(2,38(32)37)12-16-6-9-33-20-14-27(13-18(16)20)7-10-36(11-8-27)25-34-21(15-30)22(24(31)35-25)17-4-3-5-19(28)23(17)29/h3-6,9H,7-8,10-14,32H2,1-2H3,(H2,31,34,35)/t38-/m1/s1. The van der Waals surface area contributed by atoms with Crippen molar-refractivity contribution in [1.82, 2.24) is 15.0 Å². The number of hydrogen-bond donors (Lipinski definition) is 2. The molecule has 1 saturated heterocycles. The summed E-state index contributed by atoms with van der Waals surface area (Å²) in [6.45, 7) is 5.35. The first-order chi connectivity index (χ1) is 18.0. The number of pyridine rings is 1. The molecule has 1 fully saturated rings. The second-order valence-corrected chi connectivity index (χ2v) is 13.3. The fourth-order valence-corrected chi connectivity index (χ4v) is 6.32. The summed E-state index contributed by atoms with van der Waals surface area (Å²) in [6.07, 6.45) is 6.21. The summed E-state index contributed by atoms with van der Waals surface area (Å²) in [4.78, 5) is 15.9. The van der Waals surface area contributed by atoms with Gasteiger partial charge in [-0.25, -0.2) is 4.98 Å². The Morgan fingerprint density at radius 3 is 2.61 bits per heavy atom. The van der Waals surface area contributed by atoms with Crippen molar-refractivity contribution in [3.8, 4) is 17.2 Å². The largest absolute Gasteiger partial charge is 0.598 e. The fourth-order valence-electron chi connectivity index (χ4n) is 5.62. The van der Waals surface area contributed by atoms with Crippen LogP contribution in [0.3, 0.4) is 0 Å². The van der Waals surface area contributed by atoms with Crippen LogP contribution in [0.5, 0.6) is 0 Å². The van der Waals surface area contributed by atoms with Crippen LogP contribution in [0.2, 0.25) is 10.0 Å². The maximum absolute atomic E-state index is 12.1. The molecule has 3 heterocycles. The predicted molar refractivity (Wildman–Crippen MR) is 152 cm³/mol. The molecule has 0 bridgehead atoms. The molecule has 1 aliphatic carbocycles. The van der Waals surface area contributed by atoms with E-state index in [0.29, 0.717) is 33.5 Å². The van der Waals surface area contributed by atoms with Crippen LogP contribution < -0.4 is 15.8 Å². The highest BCUT2D eigenvalue weighted by Gasteiger charge is 2.43. The highest BCUT2D eigenvalue weighted by Crippen LogP contribution is 2.46. The topological polar surface area (TPSA) is 141 Å². The van der Waals surface area contributed by atoms with Gasteiger partial charge in [-0.05, 0) is 68.2 Å². The van der Waals surface area contributed by atoms with Gasteiger partial charge in [0.2, 0.25) is 5.95 Å². The molecule has 4 N–H and O–H groups in total. The highest BCUT2D eigenvalue weighted by atomic mass is 35.5. The molecule has 198 valence electrons. The van der Waals surface area contributed by atoms with Gasteiger partial charge < -0.3 is 15.2 Å². The van der Waals surface area contributed by atoms with Crippen molar-refractivity contribution < 1.29 is 4.55 Å². The lowest BCUT2D eigenvalue weighted by atomic mass is 9.76. The Balaban J connectivity index is 1.35. The Labute approximate surface area is 235 Å². The molecule has 1 aromatic carbocycles. The Morgan fingerprint density at radius 1 is 1.18 bits per heavy atom. The van der Waals surface area contributed by atoms with Gasteiger partial charge in [0.15, 0.2) is 5.69 Å². The van der Waals surface area contributed by atoms with Crippen LogP contribution in [0.1, 0.15) is 49.2 Å². The minimum Gasteiger partial charge on any atom is -0.598 e. The van der Waals surface area contributed by atoms with Crippen LogP contribution in [0.25, 0.3) is 11.1 Å². The van der Waals surface area contributed by atoms with E-state index < -0.39 is 16.1 Å². The molecule has 5 rings (SSSR count). The average molecular weight is 571 g/mol. The summed E-state index contributed by atoms with van der Waals surface area (Å²) >= 11 is 11.2. The van der Waals surface area contributed by atoms with Crippen molar-refractivity contribution in [1.29, 1.82) is 5.26 Å². The number of nitrogen functional groups attached to an aromatic ring is 1. The van der Waals surface area contributed by atoms with Crippen molar-refractivity contribution in [2.45, 2.75) is 50.7 Å². The van der Waals surface area contributed by atoms with Gasteiger partial charge in [-0.2, -0.15) is 15.4 Å². The molecule has 2 aliphatic rings. The van der Waals surface area contributed by atoms with E-state index in [0.717, 1.165) is 44.5 Å². The molecule has 11 heteroatoms. The molecule has 8 nitrogen and oxygen atoms in total. The van der Waals surface area contributed by atoms with Crippen molar-refractivity contribution in [2.24, 2.45) is 10.6 Å². The molecule has 0 amide bonds. The van der Waals surface area contributed by atoms with Crippen molar-refractivity contribution in [2.75, 3.05) is 23.7 Å². The molecule has 2 aromatic heterocycles. The number of benzene rings is 1. The number of hydrogen-bond acceptors (Lipinski definition) is 8. The van der Waals surface area contributed by atoms with Crippen LogP contribution in [0.4, 0.5) is 11.8 Å². The van der Waals surface area contributed by atoms with E-state index in [4.69, 9.17) is 34.1 Å². The van der Waals surface area contributed by atoms with Crippen molar-refractivity contribution >= 4 is 46.3 Å². The lowest BCUT2D eigenvalue weighted by Crippen LogP contribution is -2.41. The van der Waals surface area contributed by atoms with E-state index in [1.807, 2.05) is 26.1 Å². The van der Waals surface area contributed by atoms with E-state index in [2.05, 4.69) is 25.9 Å². The van der Waals surface area contributed by atoms with Crippen LogP contribution in [-0.4, -0.2) is 37.3 Å². The first-order valence-electron chi connectivity index (χ1n) is 12.4. The number of nitriles is 1. The number of fused-ring (bicyclic) bond motifs is 1. The normalized spacial score (nSPS) is 17.3. The first kappa shape index (κ1) is 27.0. The second-order valence-electron chi connectivity index (χ2n) is 10.8. The molecule has 0 radical (unpaired) electrons. The molecule has 1 aliphatic heterocycles. The van der Waals surface area contributed by atoms with Gasteiger partial charge in [0.1, 0.15) is 16.6 Å². The molecule has 1 atom stereocenters. The van der Waals surface area contributed by atoms with Gasteiger partial charge in [0.05, 0.1) is 15.6 Å². The summed E-state index contributed by atoms with van der Waals surface area (Å²) < 4.78 is 11.5. The molecule has 3 aromatic rings. The Morgan fingerprint density at radius 2 is 1.92 bits per heavy atom. The summed E-state index contributed by atoms with van der Waals surface area (Å²) in [5, 5.41) is 16.3. The summed E-state index contributed by atoms with van der Waals surface area (Å²) in [6, 6.07) is 9.37. The Kier molecular flexibility index (Phi) is 7.22. The summed E-state index contributed by atoms with van der Waals surface area (Å²) in [5.41, 5.74) is 11.1. The number of piperidine rings is 1. The number of rotatable bonds is 5. The van der Waals surface area contributed by atoms with Gasteiger partial charge in [-0.1, -0.05) is 35.3 Å². The summed E-state index contributed by atoms with van der Waals surface area (Å²) in [5.74, 6) is 0.635. The maximum Gasteiger partial charge on any atom is 0.228 e. The van der Waals surface area contributed by atoms with E-state index in [1.165, 1.54) is 11.1 Å². The third kappa shape index (κ3) is 4.92. The van der Waals surface area contributed by atoms with Crippen molar-refractivity contribution in [3.05, 3.63) is 63.0 Å². The molecular weight excluding hydrogens is 541 g/mol. The molecule has 0 unspecified atom stereocenters. The number of aromatic nitrogens is 3. The van der Waals surface area contributed by atoms with Gasteiger partial charge in [-0.3, -0.25) is 4.98 Å². The maximum atomic E-state index is 12.1.